The van der Waals surface area contributed by atoms with E-state index < -0.39 is 5.41 Å². The van der Waals surface area contributed by atoms with Crippen molar-refractivity contribution < 1.29 is 9.53 Å². The summed E-state index contributed by atoms with van der Waals surface area (Å²) in [6, 6.07) is 7.85. The SMILES string of the molecule is COc1ccc(C)cc1NC(=O)C1(C#N)CCCCC1. The third-order valence-electron chi connectivity index (χ3n) is 3.96. The second kappa shape index (κ2) is 5.96. The summed E-state index contributed by atoms with van der Waals surface area (Å²) in [4.78, 5) is 12.5. The Hall–Kier alpha value is -2.02. The smallest absolute Gasteiger partial charge is 0.244 e. The summed E-state index contributed by atoms with van der Waals surface area (Å²) in [5.74, 6) is 0.413. The van der Waals surface area contributed by atoms with E-state index in [0.29, 0.717) is 24.3 Å². The van der Waals surface area contributed by atoms with Crippen LogP contribution in [0.15, 0.2) is 18.2 Å². The third-order valence-corrected chi connectivity index (χ3v) is 3.96. The molecule has 1 aromatic carbocycles. The van der Waals surface area contributed by atoms with E-state index in [2.05, 4.69) is 11.4 Å². The minimum absolute atomic E-state index is 0.205. The van der Waals surface area contributed by atoms with E-state index >= 15 is 0 Å². The maximum atomic E-state index is 12.5. The first-order valence-electron chi connectivity index (χ1n) is 6.99. The van der Waals surface area contributed by atoms with E-state index in [9.17, 15) is 10.1 Å². The highest BCUT2D eigenvalue weighted by atomic mass is 16.5. The van der Waals surface area contributed by atoms with Crippen LogP contribution in [0.3, 0.4) is 0 Å². The summed E-state index contributed by atoms with van der Waals surface area (Å²) in [5, 5.41) is 12.3. The lowest BCUT2D eigenvalue weighted by Gasteiger charge is -2.29. The second-order valence-electron chi connectivity index (χ2n) is 5.41. The van der Waals surface area contributed by atoms with Gasteiger partial charge in [0.05, 0.1) is 18.9 Å². The van der Waals surface area contributed by atoms with Gasteiger partial charge in [0, 0.05) is 0 Å². The van der Waals surface area contributed by atoms with Gasteiger partial charge in [-0.3, -0.25) is 4.79 Å². The normalized spacial score (nSPS) is 17.1. The van der Waals surface area contributed by atoms with Crippen molar-refractivity contribution in [2.24, 2.45) is 5.41 Å². The second-order valence-corrected chi connectivity index (χ2v) is 5.41. The minimum atomic E-state index is -0.882. The fraction of sp³-hybridized carbons (Fsp3) is 0.500. The molecule has 0 aliphatic heterocycles. The molecule has 0 spiro atoms. The Kier molecular flexibility index (Phi) is 4.29. The predicted octanol–water partition coefficient (Wildman–Crippen LogP) is 3.42. The molecule has 1 N–H and O–H groups in total. The Bertz CT molecular complexity index is 540. The number of carbonyl (C=O) groups excluding carboxylic acids is 1. The minimum Gasteiger partial charge on any atom is -0.495 e. The van der Waals surface area contributed by atoms with Crippen molar-refractivity contribution in [1.82, 2.24) is 0 Å². The average molecular weight is 272 g/mol. The van der Waals surface area contributed by atoms with Gasteiger partial charge in [0.15, 0.2) is 0 Å². The number of rotatable bonds is 3. The van der Waals surface area contributed by atoms with Gasteiger partial charge >= 0.3 is 0 Å². The van der Waals surface area contributed by atoms with Gasteiger partial charge < -0.3 is 10.1 Å². The average Bonchev–Trinajstić information content (AvgIpc) is 2.48. The summed E-state index contributed by atoms with van der Waals surface area (Å²) in [6.07, 6.45) is 4.26. The number of ether oxygens (including phenoxy) is 1. The van der Waals surface area contributed by atoms with Crippen LogP contribution in [0.5, 0.6) is 5.75 Å². The van der Waals surface area contributed by atoms with Gasteiger partial charge in [0.1, 0.15) is 11.2 Å². The molecular weight excluding hydrogens is 252 g/mol. The molecule has 0 heterocycles. The molecule has 2 rings (SSSR count). The topological polar surface area (TPSA) is 62.1 Å². The number of hydrogen-bond donors (Lipinski definition) is 1. The quantitative estimate of drug-likeness (QED) is 0.917. The number of benzene rings is 1. The van der Waals surface area contributed by atoms with Crippen molar-refractivity contribution in [2.75, 3.05) is 12.4 Å². The molecule has 1 aliphatic carbocycles. The lowest BCUT2D eigenvalue weighted by molar-refractivity contribution is -0.124. The molecule has 106 valence electrons. The number of nitrogens with zero attached hydrogens (tertiary/aromatic N) is 1. The lowest BCUT2D eigenvalue weighted by Crippen LogP contribution is -2.36. The summed E-state index contributed by atoms with van der Waals surface area (Å²) < 4.78 is 5.26. The molecular formula is C16H20N2O2. The molecule has 0 bridgehead atoms. The summed E-state index contributed by atoms with van der Waals surface area (Å²) >= 11 is 0. The van der Waals surface area contributed by atoms with Crippen molar-refractivity contribution in [3.8, 4) is 11.8 Å². The number of hydrogen-bond acceptors (Lipinski definition) is 3. The number of aryl methyl sites for hydroxylation is 1. The Balaban J connectivity index is 2.23. The van der Waals surface area contributed by atoms with Crippen LogP contribution in [0.4, 0.5) is 5.69 Å². The summed E-state index contributed by atoms with van der Waals surface area (Å²) in [7, 11) is 1.57. The van der Waals surface area contributed by atoms with Gasteiger partial charge in [-0.15, -0.1) is 0 Å². The largest absolute Gasteiger partial charge is 0.495 e. The van der Waals surface area contributed by atoms with Crippen molar-refractivity contribution in [2.45, 2.75) is 39.0 Å². The van der Waals surface area contributed by atoms with Crippen LogP contribution < -0.4 is 10.1 Å². The van der Waals surface area contributed by atoms with Crippen molar-refractivity contribution >= 4 is 11.6 Å². The summed E-state index contributed by atoms with van der Waals surface area (Å²) in [6.45, 7) is 1.95. The number of anilines is 1. The molecule has 0 atom stereocenters. The van der Waals surface area contributed by atoms with E-state index in [1.165, 1.54) is 0 Å². The van der Waals surface area contributed by atoms with Crippen LogP contribution in [-0.2, 0) is 4.79 Å². The van der Waals surface area contributed by atoms with Crippen LogP contribution in [0.1, 0.15) is 37.7 Å². The van der Waals surface area contributed by atoms with Crippen molar-refractivity contribution in [1.29, 1.82) is 5.26 Å². The van der Waals surface area contributed by atoms with Gasteiger partial charge in [-0.2, -0.15) is 5.26 Å². The Morgan fingerprint density at radius 2 is 2.05 bits per heavy atom. The molecule has 1 saturated carbocycles. The first-order valence-corrected chi connectivity index (χ1v) is 6.99. The lowest BCUT2D eigenvalue weighted by atomic mass is 9.74. The van der Waals surface area contributed by atoms with Crippen LogP contribution in [-0.4, -0.2) is 13.0 Å². The van der Waals surface area contributed by atoms with E-state index in [0.717, 1.165) is 24.8 Å². The van der Waals surface area contributed by atoms with Crippen LogP contribution in [0.25, 0.3) is 0 Å². The molecule has 0 aromatic heterocycles. The highest BCUT2D eigenvalue weighted by Gasteiger charge is 2.40. The maximum Gasteiger partial charge on any atom is 0.244 e. The number of amides is 1. The van der Waals surface area contributed by atoms with E-state index in [-0.39, 0.29) is 5.91 Å². The van der Waals surface area contributed by atoms with Crippen LogP contribution in [0.2, 0.25) is 0 Å². The molecule has 1 aliphatic rings. The van der Waals surface area contributed by atoms with Gasteiger partial charge in [0.2, 0.25) is 5.91 Å². The molecule has 0 radical (unpaired) electrons. The molecule has 0 saturated heterocycles. The van der Waals surface area contributed by atoms with Crippen LogP contribution in [0, 0.1) is 23.7 Å². The zero-order valence-corrected chi connectivity index (χ0v) is 12.0. The monoisotopic (exact) mass is 272 g/mol. The first kappa shape index (κ1) is 14.4. The fourth-order valence-electron chi connectivity index (χ4n) is 2.71. The Morgan fingerprint density at radius 3 is 2.65 bits per heavy atom. The molecule has 0 unspecified atom stereocenters. The highest BCUT2D eigenvalue weighted by Crippen LogP contribution is 2.37. The molecule has 4 heteroatoms. The summed E-state index contributed by atoms with van der Waals surface area (Å²) in [5.41, 5.74) is 0.793. The van der Waals surface area contributed by atoms with Crippen LogP contribution >= 0.6 is 0 Å². The molecule has 1 aromatic rings. The van der Waals surface area contributed by atoms with Gasteiger partial charge in [-0.05, 0) is 37.5 Å². The maximum absolute atomic E-state index is 12.5. The molecule has 1 amide bonds. The van der Waals surface area contributed by atoms with Gasteiger partial charge in [-0.25, -0.2) is 0 Å². The van der Waals surface area contributed by atoms with E-state index in [4.69, 9.17) is 4.74 Å². The predicted molar refractivity (Wildman–Crippen MR) is 77.5 cm³/mol. The highest BCUT2D eigenvalue weighted by molar-refractivity contribution is 5.98. The Morgan fingerprint density at radius 1 is 1.35 bits per heavy atom. The fourth-order valence-corrected chi connectivity index (χ4v) is 2.71. The van der Waals surface area contributed by atoms with Crippen molar-refractivity contribution in [3.05, 3.63) is 23.8 Å². The zero-order chi connectivity index (χ0) is 14.6. The molecule has 4 nitrogen and oxygen atoms in total. The molecule has 20 heavy (non-hydrogen) atoms. The molecule has 1 fully saturated rings. The Labute approximate surface area is 119 Å². The van der Waals surface area contributed by atoms with Gasteiger partial charge in [-0.1, -0.05) is 25.3 Å². The van der Waals surface area contributed by atoms with Crippen molar-refractivity contribution in [3.63, 3.8) is 0 Å². The number of methoxy groups -OCH3 is 1. The number of nitrogens with one attached hydrogen (secondary N) is 1. The number of carbonyl (C=O) groups is 1. The zero-order valence-electron chi connectivity index (χ0n) is 12.0. The number of nitriles is 1. The van der Waals surface area contributed by atoms with Gasteiger partial charge in [0.25, 0.3) is 0 Å². The van der Waals surface area contributed by atoms with E-state index in [1.54, 1.807) is 7.11 Å². The standard InChI is InChI=1S/C16H20N2O2/c1-12-6-7-14(20-2)13(10-12)18-15(19)16(11-17)8-4-3-5-9-16/h6-7,10H,3-5,8-9H2,1-2H3,(H,18,19). The van der Waals surface area contributed by atoms with E-state index in [1.807, 2.05) is 25.1 Å². The third kappa shape index (κ3) is 2.77. The first-order chi connectivity index (χ1) is 9.61.